The molecular weight excluding hydrogens is 292 g/mol. The van der Waals surface area contributed by atoms with Gasteiger partial charge in [-0.25, -0.2) is 0 Å². The monoisotopic (exact) mass is 306 g/mol. The number of anilines is 2. The van der Waals surface area contributed by atoms with Crippen molar-refractivity contribution in [3.63, 3.8) is 0 Å². The van der Waals surface area contributed by atoms with Gasteiger partial charge in [-0.2, -0.15) is 0 Å². The molecule has 0 radical (unpaired) electrons. The highest BCUT2D eigenvalue weighted by Gasteiger charge is 2.06. The third-order valence-corrected chi connectivity index (χ3v) is 3.39. The average molecular weight is 307 g/mol. The summed E-state index contributed by atoms with van der Waals surface area (Å²) >= 11 is 11.0. The highest BCUT2D eigenvalue weighted by atomic mass is 35.5. The molecule has 2 aromatic carbocycles. The Balaban J connectivity index is 2.33. The van der Waals surface area contributed by atoms with Gasteiger partial charge in [-0.15, -0.1) is 0 Å². The number of thiocarbonyl (C=S) groups is 1. The molecular formula is C15H15ClN2OS. The van der Waals surface area contributed by atoms with Crippen LogP contribution in [-0.2, 0) is 0 Å². The number of rotatable bonds is 4. The van der Waals surface area contributed by atoms with Crippen molar-refractivity contribution >= 4 is 40.2 Å². The maximum atomic E-state index is 6.01. The maximum absolute atomic E-state index is 6.01. The van der Waals surface area contributed by atoms with E-state index in [4.69, 9.17) is 34.3 Å². The molecule has 3 nitrogen and oxygen atoms in total. The van der Waals surface area contributed by atoms with Crippen LogP contribution in [0, 0.1) is 6.92 Å². The lowest BCUT2D eigenvalue weighted by Gasteiger charge is -2.13. The first-order valence-electron chi connectivity index (χ1n) is 6.02. The molecule has 104 valence electrons. The number of nitrogens with one attached hydrogen (secondary N) is 1. The summed E-state index contributed by atoms with van der Waals surface area (Å²) in [6.45, 7) is 1.97. The third kappa shape index (κ3) is 3.21. The van der Waals surface area contributed by atoms with Crippen LogP contribution in [0.3, 0.4) is 0 Å². The zero-order valence-corrected chi connectivity index (χ0v) is 12.8. The van der Waals surface area contributed by atoms with Crippen molar-refractivity contribution in [2.75, 3.05) is 12.4 Å². The number of ether oxygens (including phenoxy) is 1. The minimum absolute atomic E-state index is 0.398. The second-order valence-electron chi connectivity index (χ2n) is 4.36. The molecule has 0 aliphatic heterocycles. The summed E-state index contributed by atoms with van der Waals surface area (Å²) in [5.74, 6) is 0.727. The van der Waals surface area contributed by atoms with Crippen molar-refractivity contribution in [3.05, 3.63) is 52.5 Å². The lowest BCUT2D eigenvalue weighted by atomic mass is 10.1. The van der Waals surface area contributed by atoms with Crippen LogP contribution in [0.1, 0.15) is 11.1 Å². The normalized spacial score (nSPS) is 10.2. The van der Waals surface area contributed by atoms with E-state index in [9.17, 15) is 0 Å². The fourth-order valence-corrected chi connectivity index (χ4v) is 2.35. The van der Waals surface area contributed by atoms with Crippen LogP contribution in [0.15, 0.2) is 36.4 Å². The first kappa shape index (κ1) is 14.6. The molecule has 0 amide bonds. The van der Waals surface area contributed by atoms with Crippen LogP contribution in [0.2, 0.25) is 5.02 Å². The minimum Gasteiger partial charge on any atom is -0.495 e. The lowest BCUT2D eigenvalue weighted by Crippen LogP contribution is -2.11. The molecule has 0 saturated carbocycles. The molecule has 0 aliphatic carbocycles. The number of aryl methyl sites for hydroxylation is 1. The maximum Gasteiger partial charge on any atom is 0.142 e. The van der Waals surface area contributed by atoms with Crippen molar-refractivity contribution in [3.8, 4) is 5.75 Å². The second-order valence-corrected chi connectivity index (χ2v) is 5.24. The second kappa shape index (κ2) is 6.11. The molecule has 2 rings (SSSR count). The zero-order valence-electron chi connectivity index (χ0n) is 11.2. The van der Waals surface area contributed by atoms with Crippen LogP contribution >= 0.6 is 23.8 Å². The van der Waals surface area contributed by atoms with Crippen LogP contribution in [0.5, 0.6) is 5.75 Å². The van der Waals surface area contributed by atoms with E-state index in [1.807, 2.05) is 37.3 Å². The number of methoxy groups -OCH3 is 1. The molecule has 2 aromatic rings. The first-order chi connectivity index (χ1) is 9.51. The molecule has 0 bridgehead atoms. The Morgan fingerprint density at radius 2 is 2.00 bits per heavy atom. The molecule has 0 aromatic heterocycles. The van der Waals surface area contributed by atoms with E-state index < -0.39 is 0 Å². The minimum atomic E-state index is 0.398. The third-order valence-electron chi connectivity index (χ3n) is 2.93. The zero-order chi connectivity index (χ0) is 14.7. The van der Waals surface area contributed by atoms with Crippen molar-refractivity contribution in [1.29, 1.82) is 0 Å². The smallest absolute Gasteiger partial charge is 0.142 e. The molecule has 20 heavy (non-hydrogen) atoms. The molecule has 0 aliphatic rings. The number of hydrogen-bond acceptors (Lipinski definition) is 3. The number of nitrogens with two attached hydrogens (primary N) is 1. The predicted molar refractivity (Wildman–Crippen MR) is 88.4 cm³/mol. The van der Waals surface area contributed by atoms with Gasteiger partial charge in [0.1, 0.15) is 10.7 Å². The van der Waals surface area contributed by atoms with Gasteiger partial charge in [0.2, 0.25) is 0 Å². The Labute approximate surface area is 128 Å². The van der Waals surface area contributed by atoms with E-state index in [1.54, 1.807) is 13.2 Å². The summed E-state index contributed by atoms with van der Waals surface area (Å²) in [6, 6.07) is 11.2. The quantitative estimate of drug-likeness (QED) is 0.837. The van der Waals surface area contributed by atoms with Gasteiger partial charge in [0.15, 0.2) is 0 Å². The van der Waals surface area contributed by atoms with Gasteiger partial charge >= 0.3 is 0 Å². The van der Waals surface area contributed by atoms with Gasteiger partial charge in [0, 0.05) is 16.3 Å². The molecule has 0 unspecified atom stereocenters. The Morgan fingerprint density at radius 1 is 1.25 bits per heavy atom. The van der Waals surface area contributed by atoms with E-state index in [2.05, 4.69) is 5.32 Å². The molecule has 0 spiro atoms. The summed E-state index contributed by atoms with van der Waals surface area (Å²) in [5, 5.41) is 3.92. The van der Waals surface area contributed by atoms with E-state index in [0.717, 1.165) is 28.3 Å². The fraction of sp³-hybridized carbons (Fsp3) is 0.133. The molecule has 0 fully saturated rings. The topological polar surface area (TPSA) is 47.3 Å². The highest BCUT2D eigenvalue weighted by molar-refractivity contribution is 7.80. The Bertz CT molecular complexity index is 658. The SMILES string of the molecule is COc1ccc(Cl)cc1Nc1ccc(C(N)=S)c(C)c1. The summed E-state index contributed by atoms with van der Waals surface area (Å²) in [5.41, 5.74) is 9.28. The standard InChI is InChI=1S/C15H15ClN2OS/c1-9-7-11(4-5-12(9)15(17)20)18-13-8-10(16)3-6-14(13)19-2/h3-8,18H,1-2H3,(H2,17,20). The van der Waals surface area contributed by atoms with E-state index in [1.165, 1.54) is 0 Å². The Kier molecular flexibility index (Phi) is 4.47. The van der Waals surface area contributed by atoms with Gasteiger partial charge < -0.3 is 15.8 Å². The molecule has 5 heteroatoms. The summed E-state index contributed by atoms with van der Waals surface area (Å²) in [7, 11) is 1.62. The Morgan fingerprint density at radius 3 is 2.60 bits per heavy atom. The van der Waals surface area contributed by atoms with Crippen LogP contribution in [0.4, 0.5) is 11.4 Å². The molecule has 0 saturated heterocycles. The number of hydrogen-bond donors (Lipinski definition) is 2. The molecule has 0 atom stereocenters. The summed E-state index contributed by atoms with van der Waals surface area (Å²) in [4.78, 5) is 0.398. The largest absolute Gasteiger partial charge is 0.495 e. The van der Waals surface area contributed by atoms with Gasteiger partial charge in [-0.3, -0.25) is 0 Å². The lowest BCUT2D eigenvalue weighted by molar-refractivity contribution is 0.417. The number of benzene rings is 2. The van der Waals surface area contributed by atoms with Gasteiger partial charge in [-0.1, -0.05) is 23.8 Å². The van der Waals surface area contributed by atoms with Crippen LogP contribution in [-0.4, -0.2) is 12.1 Å². The van der Waals surface area contributed by atoms with Crippen LogP contribution < -0.4 is 15.8 Å². The molecule has 0 heterocycles. The van der Waals surface area contributed by atoms with E-state index >= 15 is 0 Å². The van der Waals surface area contributed by atoms with Gasteiger partial charge in [-0.05, 0) is 48.9 Å². The van der Waals surface area contributed by atoms with E-state index in [0.29, 0.717) is 10.0 Å². The van der Waals surface area contributed by atoms with Crippen molar-refractivity contribution < 1.29 is 4.74 Å². The van der Waals surface area contributed by atoms with Gasteiger partial charge in [0.25, 0.3) is 0 Å². The highest BCUT2D eigenvalue weighted by Crippen LogP contribution is 2.31. The fourth-order valence-electron chi connectivity index (χ4n) is 1.95. The summed E-state index contributed by atoms with van der Waals surface area (Å²) < 4.78 is 5.30. The van der Waals surface area contributed by atoms with E-state index in [-0.39, 0.29) is 0 Å². The van der Waals surface area contributed by atoms with Gasteiger partial charge in [0.05, 0.1) is 12.8 Å². The van der Waals surface area contributed by atoms with Crippen molar-refractivity contribution in [1.82, 2.24) is 0 Å². The first-order valence-corrected chi connectivity index (χ1v) is 6.81. The van der Waals surface area contributed by atoms with Crippen LogP contribution in [0.25, 0.3) is 0 Å². The Hall–Kier alpha value is -1.78. The average Bonchev–Trinajstić information content (AvgIpc) is 2.38. The predicted octanol–water partition coefficient (Wildman–Crippen LogP) is 4.03. The molecule has 3 N–H and O–H groups in total. The van der Waals surface area contributed by atoms with Crippen molar-refractivity contribution in [2.24, 2.45) is 5.73 Å². The van der Waals surface area contributed by atoms with Crippen molar-refractivity contribution in [2.45, 2.75) is 6.92 Å². The summed E-state index contributed by atoms with van der Waals surface area (Å²) in [6.07, 6.45) is 0. The number of halogens is 1.